The molecule has 0 heterocycles. The van der Waals surface area contributed by atoms with E-state index in [-0.39, 0.29) is 25.7 Å². The van der Waals surface area contributed by atoms with Crippen molar-refractivity contribution >= 4 is 39.5 Å². The molecule has 0 aromatic carbocycles. The Balaban J connectivity index is 5.24. The number of esters is 4. The van der Waals surface area contributed by atoms with Gasteiger partial charge in [-0.2, -0.15) is 0 Å². The predicted octanol–water partition coefficient (Wildman–Crippen LogP) is 27.9. The second-order valence-corrected chi connectivity index (χ2v) is 35.5. The number of phosphoric acid groups is 2. The Bertz CT molecular complexity index is 2070. The first-order valence-electron chi connectivity index (χ1n) is 46.7. The number of hydrogen-bond acceptors (Lipinski definition) is 15. The van der Waals surface area contributed by atoms with E-state index in [4.69, 9.17) is 37.0 Å². The Labute approximate surface area is 670 Å². The SMILES string of the molecule is CCCCCCCCCCCCCCCCCCCCCCCC(=O)OC[C@H](COP(=O)(O)OC[C@@H](O)COP(=O)(O)OC[C@@H](COC(=O)CCCCCCCCCCCCCCC)OC(=O)CCCCCCCCCCCCC(C)CC)OC(=O)CCCCCCCCCCCCCCCCCCCCCCC. The Kier molecular flexibility index (Phi) is 81.1. The lowest BCUT2D eigenvalue weighted by Crippen LogP contribution is -2.30. The predicted molar refractivity (Wildman–Crippen MR) is 451 cm³/mol. The second kappa shape index (κ2) is 82.6. The average Bonchev–Trinajstić information content (AvgIpc) is 0.911. The van der Waals surface area contributed by atoms with Crippen molar-refractivity contribution in [2.24, 2.45) is 5.92 Å². The van der Waals surface area contributed by atoms with Gasteiger partial charge in [-0.3, -0.25) is 37.3 Å². The van der Waals surface area contributed by atoms with E-state index in [0.29, 0.717) is 25.7 Å². The molecule has 0 rings (SSSR count). The highest BCUT2D eigenvalue weighted by Crippen LogP contribution is 2.45. The van der Waals surface area contributed by atoms with Crippen LogP contribution in [0.15, 0.2) is 0 Å². The van der Waals surface area contributed by atoms with Gasteiger partial charge in [0.1, 0.15) is 19.3 Å². The molecule has 0 bridgehead atoms. The van der Waals surface area contributed by atoms with E-state index in [1.807, 2.05) is 0 Å². The molecule has 17 nitrogen and oxygen atoms in total. The maximum Gasteiger partial charge on any atom is 0.472 e. The number of carbonyl (C=O) groups is 4. The van der Waals surface area contributed by atoms with E-state index in [1.54, 1.807) is 0 Å². The number of aliphatic hydroxyl groups excluding tert-OH is 1. The van der Waals surface area contributed by atoms with Crippen molar-refractivity contribution in [3.05, 3.63) is 0 Å². The van der Waals surface area contributed by atoms with Crippen LogP contribution in [0.5, 0.6) is 0 Å². The van der Waals surface area contributed by atoms with Crippen LogP contribution in [0.25, 0.3) is 0 Å². The second-order valence-electron chi connectivity index (χ2n) is 32.6. The van der Waals surface area contributed by atoms with Gasteiger partial charge < -0.3 is 33.8 Å². The van der Waals surface area contributed by atoms with Gasteiger partial charge >= 0.3 is 39.5 Å². The molecule has 0 saturated heterocycles. The van der Waals surface area contributed by atoms with Gasteiger partial charge in [0.15, 0.2) is 12.2 Å². The fourth-order valence-corrected chi connectivity index (χ4v) is 15.7. The van der Waals surface area contributed by atoms with E-state index in [2.05, 4.69) is 34.6 Å². The van der Waals surface area contributed by atoms with Gasteiger partial charge in [-0.05, 0) is 31.6 Å². The molecule has 0 aliphatic rings. The largest absolute Gasteiger partial charge is 0.472 e. The number of carbonyl (C=O) groups excluding carboxylic acids is 4. The number of rotatable bonds is 90. The summed E-state index contributed by atoms with van der Waals surface area (Å²) in [5, 5.41) is 10.7. The molecule has 0 amide bonds. The molecule has 0 aromatic rings. The quantitative estimate of drug-likeness (QED) is 0.0222. The van der Waals surface area contributed by atoms with E-state index in [0.717, 1.165) is 95.8 Å². The minimum Gasteiger partial charge on any atom is -0.462 e. The van der Waals surface area contributed by atoms with Crippen molar-refractivity contribution in [3.8, 4) is 0 Å². The summed E-state index contributed by atoms with van der Waals surface area (Å²) >= 11 is 0. The van der Waals surface area contributed by atoms with Crippen molar-refractivity contribution in [2.75, 3.05) is 39.6 Å². The molecule has 0 aliphatic carbocycles. The number of phosphoric ester groups is 2. The van der Waals surface area contributed by atoms with Crippen molar-refractivity contribution in [2.45, 2.75) is 509 Å². The first-order chi connectivity index (χ1) is 53.1. The third kappa shape index (κ3) is 82.4. The molecule has 6 atom stereocenters. The molecule has 3 unspecified atom stereocenters. The minimum atomic E-state index is -4.97. The van der Waals surface area contributed by atoms with Crippen LogP contribution >= 0.6 is 15.6 Å². The summed E-state index contributed by atoms with van der Waals surface area (Å²) in [6.45, 7) is 7.41. The van der Waals surface area contributed by atoms with Crippen LogP contribution in [0.3, 0.4) is 0 Å². The van der Waals surface area contributed by atoms with Crippen molar-refractivity contribution in [3.63, 3.8) is 0 Å². The van der Waals surface area contributed by atoms with E-state index in [1.165, 1.54) is 315 Å². The van der Waals surface area contributed by atoms with Crippen molar-refractivity contribution in [1.82, 2.24) is 0 Å². The third-order valence-corrected chi connectivity index (χ3v) is 23.5. The molecule has 0 fully saturated rings. The lowest BCUT2D eigenvalue weighted by Gasteiger charge is -2.21. The highest BCUT2D eigenvalue weighted by atomic mass is 31.2. The fourth-order valence-electron chi connectivity index (χ4n) is 14.1. The Morgan fingerprint density at radius 2 is 0.440 bits per heavy atom. The fraction of sp³-hybridized carbons (Fsp3) is 0.956. The minimum absolute atomic E-state index is 0.107. The van der Waals surface area contributed by atoms with Gasteiger partial charge in [-0.15, -0.1) is 0 Å². The number of ether oxygens (including phenoxy) is 4. The summed E-state index contributed by atoms with van der Waals surface area (Å²) in [4.78, 5) is 73.4. The Hall–Kier alpha value is -1.94. The normalized spacial score (nSPS) is 13.9. The van der Waals surface area contributed by atoms with Crippen LogP contribution < -0.4 is 0 Å². The van der Waals surface area contributed by atoms with E-state index < -0.39 is 97.5 Å². The van der Waals surface area contributed by atoms with Crippen molar-refractivity contribution < 1.29 is 80.2 Å². The van der Waals surface area contributed by atoms with Gasteiger partial charge in [0.25, 0.3) is 0 Å². The van der Waals surface area contributed by atoms with Gasteiger partial charge in [-0.25, -0.2) is 9.13 Å². The monoisotopic (exact) mass is 1590 g/mol. The molecular formula is C90H176O17P2. The molecule has 3 N–H and O–H groups in total. The van der Waals surface area contributed by atoms with Crippen LogP contribution in [0.1, 0.15) is 490 Å². The lowest BCUT2D eigenvalue weighted by molar-refractivity contribution is -0.161. The van der Waals surface area contributed by atoms with Gasteiger partial charge in [0, 0.05) is 25.7 Å². The van der Waals surface area contributed by atoms with E-state index >= 15 is 0 Å². The highest BCUT2D eigenvalue weighted by molar-refractivity contribution is 7.47. The number of unbranched alkanes of at least 4 members (excludes halogenated alkanes) is 61. The smallest absolute Gasteiger partial charge is 0.462 e. The van der Waals surface area contributed by atoms with Gasteiger partial charge in [0.05, 0.1) is 26.4 Å². The molecule has 648 valence electrons. The van der Waals surface area contributed by atoms with Gasteiger partial charge in [-0.1, -0.05) is 439 Å². The highest BCUT2D eigenvalue weighted by Gasteiger charge is 2.31. The molecule has 0 aromatic heterocycles. The zero-order chi connectivity index (χ0) is 79.7. The van der Waals surface area contributed by atoms with Crippen LogP contribution in [-0.4, -0.2) is 96.7 Å². The molecule has 0 saturated carbocycles. The van der Waals surface area contributed by atoms with Gasteiger partial charge in [0.2, 0.25) is 0 Å². The lowest BCUT2D eigenvalue weighted by atomic mass is 9.99. The first-order valence-corrected chi connectivity index (χ1v) is 49.7. The Morgan fingerprint density at radius 1 is 0.257 bits per heavy atom. The maximum atomic E-state index is 13.2. The molecule has 0 radical (unpaired) electrons. The third-order valence-electron chi connectivity index (χ3n) is 21.6. The molecule has 0 aliphatic heterocycles. The maximum absolute atomic E-state index is 13.2. The summed E-state index contributed by atoms with van der Waals surface area (Å²) in [5.41, 5.74) is 0. The van der Waals surface area contributed by atoms with Crippen LogP contribution in [-0.2, 0) is 65.4 Å². The zero-order valence-corrected chi connectivity index (χ0v) is 73.5. The first kappa shape index (κ1) is 107. The number of hydrogen-bond donors (Lipinski definition) is 3. The molecule has 109 heavy (non-hydrogen) atoms. The molecule has 0 spiro atoms. The number of aliphatic hydroxyl groups is 1. The zero-order valence-electron chi connectivity index (χ0n) is 71.7. The van der Waals surface area contributed by atoms with Crippen LogP contribution in [0.4, 0.5) is 0 Å². The topological polar surface area (TPSA) is 237 Å². The summed E-state index contributed by atoms with van der Waals surface area (Å²) < 4.78 is 69.0. The summed E-state index contributed by atoms with van der Waals surface area (Å²) in [5.74, 6) is -1.29. The van der Waals surface area contributed by atoms with Crippen molar-refractivity contribution in [1.29, 1.82) is 0 Å². The van der Waals surface area contributed by atoms with E-state index in [9.17, 15) is 43.2 Å². The summed E-state index contributed by atoms with van der Waals surface area (Å²) in [6.07, 6.45) is 77.8. The summed E-state index contributed by atoms with van der Waals surface area (Å²) in [7, 11) is -9.93. The Morgan fingerprint density at radius 3 is 0.651 bits per heavy atom. The van der Waals surface area contributed by atoms with Crippen LogP contribution in [0, 0.1) is 5.92 Å². The van der Waals surface area contributed by atoms with Crippen LogP contribution in [0.2, 0.25) is 0 Å². The average molecular weight is 1590 g/mol. The molecule has 19 heteroatoms. The summed E-state index contributed by atoms with van der Waals surface area (Å²) in [6, 6.07) is 0. The standard InChI is InChI=1S/C90H176O17P2/c1-6-10-13-16-19-22-25-28-30-32-34-36-38-40-42-45-48-54-59-64-69-74-88(93)101-79-85(106-89(94)75-70-65-60-55-49-46-43-41-39-37-35-33-31-29-26-23-20-17-14-11-7-2)81-104-108(96,97)102-77-84(91)78-103-109(98,99)105-82-86(80-100-87(92)73-68-63-58-53-47-44-27-24-21-18-15-12-8-3)107-90(95)76-71-66-61-56-51-50-52-57-62-67-72-83(5)9-4/h83-86,91H,6-82H2,1-5H3,(H,96,97)(H,98,99)/t83?,84-,85-,86-/m1/s1. The molecular weight excluding hydrogens is 1410 g/mol.